The van der Waals surface area contributed by atoms with E-state index in [4.69, 9.17) is 21.2 Å². The molecular weight excluding hydrogens is 691 g/mol. The summed E-state index contributed by atoms with van der Waals surface area (Å²) in [5, 5.41) is 4.26. The lowest BCUT2D eigenvalue weighted by atomic mass is 9.96. The van der Waals surface area contributed by atoms with Crippen LogP contribution in [0.1, 0.15) is 6.85 Å². The van der Waals surface area contributed by atoms with Crippen molar-refractivity contribution >= 4 is 81.5 Å². The Morgan fingerprint density at radius 2 is 1.22 bits per heavy atom. The minimum absolute atomic E-state index is 0.126. The standard InChI is InChI=1S/C50H31N3OS/c1-3-14-32(15-4-1)33-16-13-17-34(30-33)48-49(52-42-23-10-9-22-41(42)51-48)40-28-29-43(50-47(40)39-21-7-11-24-44(39)54-50)53(35-18-5-2-6-19-35)36-26-27-38-37-20-8-12-25-45(37)55-46(38)31-36/h1-31H/i1D,3D,4D,14D,15D. The van der Waals surface area contributed by atoms with E-state index in [1.165, 1.54) is 20.2 Å². The summed E-state index contributed by atoms with van der Waals surface area (Å²) in [4.78, 5) is 12.8. The number of rotatable bonds is 6. The van der Waals surface area contributed by atoms with Crippen LogP contribution in [0, 0.1) is 0 Å². The predicted molar refractivity (Wildman–Crippen MR) is 231 cm³/mol. The number of anilines is 3. The first-order chi connectivity index (χ1) is 29.3. The van der Waals surface area contributed by atoms with Crippen molar-refractivity contribution in [3.05, 3.63) is 188 Å². The van der Waals surface area contributed by atoms with Crippen LogP contribution in [-0.4, -0.2) is 9.97 Å². The maximum atomic E-state index is 8.71. The molecule has 8 aromatic carbocycles. The van der Waals surface area contributed by atoms with Crippen molar-refractivity contribution in [2.75, 3.05) is 4.90 Å². The molecular formula is C50H31N3OS. The first kappa shape index (κ1) is 26.6. The lowest BCUT2D eigenvalue weighted by Gasteiger charge is -2.26. The van der Waals surface area contributed by atoms with Crippen molar-refractivity contribution in [2.24, 2.45) is 0 Å². The van der Waals surface area contributed by atoms with Crippen LogP contribution >= 0.6 is 11.3 Å². The second kappa shape index (κ2) is 12.8. The molecule has 0 radical (unpaired) electrons. The number of hydrogen-bond acceptors (Lipinski definition) is 5. The van der Waals surface area contributed by atoms with Crippen LogP contribution < -0.4 is 4.90 Å². The van der Waals surface area contributed by atoms with Gasteiger partial charge in [0, 0.05) is 53.4 Å². The summed E-state index contributed by atoms with van der Waals surface area (Å²) in [6.07, 6.45) is 0. The molecule has 0 bridgehead atoms. The normalized spacial score (nSPS) is 12.9. The zero-order valence-electron chi connectivity index (χ0n) is 34.2. The largest absolute Gasteiger partial charge is 0.454 e. The quantitative estimate of drug-likeness (QED) is 0.171. The van der Waals surface area contributed by atoms with E-state index < -0.39 is 6.04 Å². The summed E-state index contributed by atoms with van der Waals surface area (Å²) >= 11 is 1.78. The highest BCUT2D eigenvalue weighted by molar-refractivity contribution is 7.25. The summed E-state index contributed by atoms with van der Waals surface area (Å²) in [5.41, 5.74) is 8.94. The molecule has 3 heterocycles. The fourth-order valence-corrected chi connectivity index (χ4v) is 8.79. The summed E-state index contributed by atoms with van der Waals surface area (Å²) in [5.74, 6) is 0. The minimum atomic E-state index is -0.432. The number of hydrogen-bond donors (Lipinski definition) is 0. The van der Waals surface area contributed by atoms with Crippen molar-refractivity contribution in [3.8, 4) is 33.6 Å². The smallest absolute Gasteiger partial charge is 0.160 e. The SMILES string of the molecule is [2H]c1c([2H])c([2H])c(-c2cccc(-c3nc4ccccc4nc3-c3ccc(N(c4ccccc4)c4ccc5c(c4)sc4ccccc45)c4oc5ccccc5c34)c2)c([2H])c1[2H]. The highest BCUT2D eigenvalue weighted by atomic mass is 32.1. The molecule has 0 saturated heterocycles. The van der Waals surface area contributed by atoms with Gasteiger partial charge in [0.1, 0.15) is 5.58 Å². The monoisotopic (exact) mass is 726 g/mol. The Hall–Kier alpha value is -7.08. The van der Waals surface area contributed by atoms with Crippen molar-refractivity contribution in [1.29, 1.82) is 0 Å². The predicted octanol–water partition coefficient (Wildman–Crippen LogP) is 14.4. The van der Waals surface area contributed by atoms with Gasteiger partial charge in [0.25, 0.3) is 0 Å². The number of fused-ring (bicyclic) bond motifs is 7. The Kier molecular flexibility index (Phi) is 6.20. The number of para-hydroxylation sites is 4. The van der Waals surface area contributed by atoms with Gasteiger partial charge in [-0.2, -0.15) is 0 Å². The van der Waals surface area contributed by atoms with Gasteiger partial charge in [-0.1, -0.05) is 121 Å². The second-order valence-corrected chi connectivity index (χ2v) is 14.5. The molecule has 0 unspecified atom stereocenters. The van der Waals surface area contributed by atoms with Crippen LogP contribution in [0.15, 0.2) is 192 Å². The average molecular weight is 727 g/mol. The zero-order valence-corrected chi connectivity index (χ0v) is 30.0. The molecule has 0 atom stereocenters. The maximum Gasteiger partial charge on any atom is 0.160 e. The molecule has 3 aromatic heterocycles. The Morgan fingerprint density at radius 3 is 2.07 bits per heavy atom. The number of aromatic nitrogens is 2. The lowest BCUT2D eigenvalue weighted by molar-refractivity contribution is 0.669. The van der Waals surface area contributed by atoms with Gasteiger partial charge in [-0.25, -0.2) is 9.97 Å². The summed E-state index contributed by atoms with van der Waals surface area (Å²) in [6, 6.07) is 51.0. The number of nitrogens with zero attached hydrogens (tertiary/aromatic N) is 3. The van der Waals surface area contributed by atoms with Crippen LogP contribution in [0.5, 0.6) is 0 Å². The summed E-state index contributed by atoms with van der Waals surface area (Å²) < 4.78 is 51.6. The summed E-state index contributed by atoms with van der Waals surface area (Å²) in [7, 11) is 0. The average Bonchev–Trinajstić information content (AvgIpc) is 3.87. The molecule has 0 amide bonds. The Bertz CT molecular complexity index is 3500. The van der Waals surface area contributed by atoms with Gasteiger partial charge in [0.2, 0.25) is 0 Å². The molecule has 4 nitrogen and oxygen atoms in total. The van der Waals surface area contributed by atoms with Gasteiger partial charge in [0.05, 0.1) is 35.0 Å². The second-order valence-electron chi connectivity index (χ2n) is 13.4. The fourth-order valence-electron chi connectivity index (χ4n) is 7.65. The molecule has 11 rings (SSSR count). The van der Waals surface area contributed by atoms with Crippen LogP contribution in [-0.2, 0) is 0 Å². The molecule has 5 heteroatoms. The van der Waals surface area contributed by atoms with E-state index in [0.717, 1.165) is 39.0 Å². The van der Waals surface area contributed by atoms with E-state index in [0.29, 0.717) is 39.1 Å². The zero-order chi connectivity index (χ0) is 40.6. The molecule has 0 N–H and O–H groups in total. The van der Waals surface area contributed by atoms with E-state index in [2.05, 4.69) is 77.7 Å². The molecule has 0 saturated carbocycles. The molecule has 0 aliphatic rings. The lowest BCUT2D eigenvalue weighted by Crippen LogP contribution is -2.10. The number of thiophene rings is 1. The fraction of sp³-hybridized carbons (Fsp3) is 0. The third kappa shape index (κ3) is 5.28. The van der Waals surface area contributed by atoms with Crippen molar-refractivity contribution in [3.63, 3.8) is 0 Å². The molecule has 0 aliphatic heterocycles. The maximum absolute atomic E-state index is 8.71. The van der Waals surface area contributed by atoms with E-state index in [9.17, 15) is 0 Å². The highest BCUT2D eigenvalue weighted by Crippen LogP contribution is 2.48. The first-order valence-corrected chi connectivity index (χ1v) is 18.8. The molecule has 0 fully saturated rings. The van der Waals surface area contributed by atoms with E-state index in [-0.39, 0.29) is 29.7 Å². The Balaban J connectivity index is 1.17. The summed E-state index contributed by atoms with van der Waals surface area (Å²) in [6.45, 7) is 0. The minimum Gasteiger partial charge on any atom is -0.454 e. The first-order valence-electron chi connectivity index (χ1n) is 20.5. The van der Waals surface area contributed by atoms with Gasteiger partial charge in [0.15, 0.2) is 5.58 Å². The van der Waals surface area contributed by atoms with Gasteiger partial charge >= 0.3 is 0 Å². The molecule has 11 aromatic rings. The van der Waals surface area contributed by atoms with Crippen molar-refractivity contribution < 1.29 is 11.3 Å². The Morgan fingerprint density at radius 1 is 0.509 bits per heavy atom. The topological polar surface area (TPSA) is 42.2 Å². The van der Waals surface area contributed by atoms with E-state index >= 15 is 0 Å². The number of benzene rings is 8. The van der Waals surface area contributed by atoms with E-state index in [1.54, 1.807) is 17.4 Å². The number of furan rings is 1. The van der Waals surface area contributed by atoms with Crippen LogP contribution in [0.25, 0.3) is 86.8 Å². The van der Waals surface area contributed by atoms with Crippen LogP contribution in [0.3, 0.4) is 0 Å². The van der Waals surface area contributed by atoms with E-state index in [1.807, 2.05) is 78.9 Å². The van der Waals surface area contributed by atoms with Gasteiger partial charge in [-0.05, 0) is 77.9 Å². The molecule has 55 heavy (non-hydrogen) atoms. The third-order valence-corrected chi connectivity index (χ3v) is 11.3. The van der Waals surface area contributed by atoms with Crippen LogP contribution in [0.4, 0.5) is 17.1 Å². The molecule has 258 valence electrons. The van der Waals surface area contributed by atoms with Gasteiger partial charge in [-0.15, -0.1) is 11.3 Å². The van der Waals surface area contributed by atoms with Gasteiger partial charge in [-0.3, -0.25) is 0 Å². The molecule has 0 spiro atoms. The van der Waals surface area contributed by atoms with Gasteiger partial charge < -0.3 is 9.32 Å². The Labute approximate surface area is 328 Å². The van der Waals surface area contributed by atoms with Crippen LogP contribution in [0.2, 0.25) is 0 Å². The third-order valence-electron chi connectivity index (χ3n) is 10.1. The van der Waals surface area contributed by atoms with Crippen molar-refractivity contribution in [2.45, 2.75) is 0 Å². The highest BCUT2D eigenvalue weighted by Gasteiger charge is 2.25. The van der Waals surface area contributed by atoms with Crippen molar-refractivity contribution in [1.82, 2.24) is 9.97 Å². The molecule has 0 aliphatic carbocycles.